The van der Waals surface area contributed by atoms with Gasteiger partial charge in [-0.15, -0.1) is 0 Å². The molecule has 3 rings (SSSR count). The van der Waals surface area contributed by atoms with Gasteiger partial charge in [0.2, 0.25) is 0 Å². The lowest BCUT2D eigenvalue weighted by molar-refractivity contribution is 0.340. The third kappa shape index (κ3) is 3.34. The van der Waals surface area contributed by atoms with Crippen molar-refractivity contribution in [2.24, 2.45) is 0 Å². The lowest BCUT2D eigenvalue weighted by Gasteiger charge is -2.10. The molecule has 0 saturated heterocycles. The highest BCUT2D eigenvalue weighted by Crippen LogP contribution is 2.23. The first-order chi connectivity index (χ1) is 11.2. The molecule has 0 atom stereocenters. The summed E-state index contributed by atoms with van der Waals surface area (Å²) in [5.74, 6) is 0.832. The Hall–Kier alpha value is -2.81. The average Bonchev–Trinajstić information content (AvgIpc) is 2.56. The van der Waals surface area contributed by atoms with E-state index >= 15 is 0 Å². The highest BCUT2D eigenvalue weighted by Gasteiger charge is 2.05. The smallest absolute Gasteiger partial charge is 0.255 e. The molecule has 0 aliphatic carbocycles. The van der Waals surface area contributed by atoms with E-state index in [-0.39, 0.29) is 5.56 Å². The van der Waals surface area contributed by atoms with Gasteiger partial charge in [0.15, 0.2) is 0 Å². The molecule has 3 aromatic rings. The van der Waals surface area contributed by atoms with Crippen molar-refractivity contribution < 1.29 is 4.74 Å². The van der Waals surface area contributed by atoms with Gasteiger partial charge in [0.25, 0.3) is 5.56 Å². The van der Waals surface area contributed by atoms with E-state index < -0.39 is 0 Å². The van der Waals surface area contributed by atoms with Crippen LogP contribution in [0.4, 0.5) is 0 Å². The van der Waals surface area contributed by atoms with Crippen molar-refractivity contribution in [3.8, 4) is 22.6 Å². The Morgan fingerprint density at radius 1 is 0.957 bits per heavy atom. The lowest BCUT2D eigenvalue weighted by Crippen LogP contribution is -2.16. The van der Waals surface area contributed by atoms with Crippen LogP contribution in [0.1, 0.15) is 12.5 Å². The number of ether oxygens (including phenoxy) is 1. The summed E-state index contributed by atoms with van der Waals surface area (Å²) < 4.78 is 7.23. The number of hydrogen-bond acceptors (Lipinski definition) is 2. The highest BCUT2D eigenvalue weighted by atomic mass is 16.5. The van der Waals surface area contributed by atoms with Crippen LogP contribution in [0.5, 0.6) is 5.75 Å². The SMILES string of the molecule is CCOc1cccc(-c2ccc(=O)n(-c3cccc(C)c3)c2)c1. The molecule has 1 heterocycles. The molecule has 0 radical (unpaired) electrons. The first-order valence-corrected chi connectivity index (χ1v) is 7.70. The van der Waals surface area contributed by atoms with Gasteiger partial charge in [0.05, 0.1) is 6.61 Å². The molecule has 0 spiro atoms. The number of nitrogens with zero attached hydrogens (tertiary/aromatic N) is 1. The number of aromatic nitrogens is 1. The van der Waals surface area contributed by atoms with Crippen LogP contribution in [-0.4, -0.2) is 11.2 Å². The summed E-state index contributed by atoms with van der Waals surface area (Å²) in [7, 11) is 0. The van der Waals surface area contributed by atoms with E-state index in [9.17, 15) is 4.79 Å². The summed E-state index contributed by atoms with van der Waals surface area (Å²) in [6.45, 7) is 4.61. The van der Waals surface area contributed by atoms with Crippen molar-refractivity contribution in [2.45, 2.75) is 13.8 Å². The quantitative estimate of drug-likeness (QED) is 0.723. The Balaban J connectivity index is 2.07. The minimum absolute atomic E-state index is 0.0414. The number of hydrogen-bond donors (Lipinski definition) is 0. The van der Waals surface area contributed by atoms with Crippen molar-refractivity contribution in [1.29, 1.82) is 0 Å². The van der Waals surface area contributed by atoms with E-state index in [4.69, 9.17) is 4.74 Å². The van der Waals surface area contributed by atoms with Crippen LogP contribution in [0, 0.1) is 6.92 Å². The maximum absolute atomic E-state index is 12.2. The van der Waals surface area contributed by atoms with Crippen LogP contribution in [-0.2, 0) is 0 Å². The van der Waals surface area contributed by atoms with Crippen LogP contribution in [0.3, 0.4) is 0 Å². The van der Waals surface area contributed by atoms with Crippen molar-refractivity contribution in [3.63, 3.8) is 0 Å². The molecule has 2 aromatic carbocycles. The normalized spacial score (nSPS) is 10.5. The van der Waals surface area contributed by atoms with E-state index in [1.165, 1.54) is 0 Å². The molecule has 3 heteroatoms. The summed E-state index contributed by atoms with van der Waals surface area (Å²) in [5.41, 5.74) is 3.96. The van der Waals surface area contributed by atoms with Gasteiger partial charge in [-0.1, -0.05) is 24.3 Å². The molecule has 0 aliphatic rings. The average molecular weight is 305 g/mol. The highest BCUT2D eigenvalue weighted by molar-refractivity contribution is 5.64. The van der Waals surface area contributed by atoms with E-state index in [1.54, 1.807) is 10.6 Å². The van der Waals surface area contributed by atoms with Crippen LogP contribution >= 0.6 is 0 Å². The second-order valence-electron chi connectivity index (χ2n) is 5.43. The maximum atomic E-state index is 12.2. The molecule has 3 nitrogen and oxygen atoms in total. The Labute approximate surface area is 135 Å². The monoisotopic (exact) mass is 305 g/mol. The molecule has 116 valence electrons. The van der Waals surface area contributed by atoms with Crippen LogP contribution < -0.4 is 10.3 Å². The molecule has 0 unspecified atom stereocenters. The second kappa shape index (κ2) is 6.53. The summed E-state index contributed by atoms with van der Waals surface area (Å²) >= 11 is 0. The molecule has 23 heavy (non-hydrogen) atoms. The third-order valence-corrected chi connectivity index (χ3v) is 3.67. The van der Waals surface area contributed by atoms with Crippen LogP contribution in [0.2, 0.25) is 0 Å². The van der Waals surface area contributed by atoms with Crippen LogP contribution in [0.25, 0.3) is 16.8 Å². The van der Waals surface area contributed by atoms with Gasteiger partial charge in [0.1, 0.15) is 5.75 Å². The summed E-state index contributed by atoms with van der Waals surface area (Å²) in [4.78, 5) is 12.2. The van der Waals surface area contributed by atoms with E-state index in [2.05, 4.69) is 0 Å². The predicted molar refractivity (Wildman–Crippen MR) is 93.4 cm³/mol. The van der Waals surface area contributed by atoms with E-state index in [0.29, 0.717) is 6.61 Å². The molecule has 0 saturated carbocycles. The first kappa shape index (κ1) is 15.1. The number of rotatable bonds is 4. The third-order valence-electron chi connectivity index (χ3n) is 3.67. The van der Waals surface area contributed by atoms with Gasteiger partial charge < -0.3 is 4.74 Å². The van der Waals surface area contributed by atoms with Gasteiger partial charge >= 0.3 is 0 Å². The Kier molecular flexibility index (Phi) is 4.29. The van der Waals surface area contributed by atoms with Crippen molar-refractivity contribution in [2.75, 3.05) is 6.61 Å². The standard InChI is InChI=1S/C20H19NO2/c1-3-23-19-9-5-7-16(13-19)17-10-11-20(22)21(14-17)18-8-4-6-15(2)12-18/h4-14H,3H2,1-2H3. The Morgan fingerprint density at radius 2 is 1.78 bits per heavy atom. The number of pyridine rings is 1. The Bertz CT molecular complexity index is 881. The summed E-state index contributed by atoms with van der Waals surface area (Å²) in [6.07, 6.45) is 1.88. The molecule has 0 amide bonds. The fourth-order valence-corrected chi connectivity index (χ4v) is 2.57. The molecular weight excluding hydrogens is 286 g/mol. The van der Waals surface area contributed by atoms with Crippen LogP contribution in [0.15, 0.2) is 71.7 Å². The topological polar surface area (TPSA) is 31.2 Å². The minimum atomic E-state index is -0.0414. The molecule has 1 aromatic heterocycles. The fraction of sp³-hybridized carbons (Fsp3) is 0.150. The van der Waals surface area contributed by atoms with Gasteiger partial charge in [-0.05, 0) is 60.9 Å². The minimum Gasteiger partial charge on any atom is -0.494 e. The van der Waals surface area contributed by atoms with Gasteiger partial charge in [-0.25, -0.2) is 0 Å². The van der Waals surface area contributed by atoms with Crippen molar-refractivity contribution in [1.82, 2.24) is 4.57 Å². The molecular formula is C20H19NO2. The van der Waals surface area contributed by atoms with Gasteiger partial charge in [-0.3, -0.25) is 9.36 Å². The van der Waals surface area contributed by atoms with Crippen molar-refractivity contribution in [3.05, 3.63) is 82.8 Å². The summed E-state index contributed by atoms with van der Waals surface area (Å²) in [5, 5.41) is 0. The zero-order valence-corrected chi connectivity index (χ0v) is 13.3. The zero-order chi connectivity index (χ0) is 16.2. The van der Waals surface area contributed by atoms with Crippen molar-refractivity contribution >= 4 is 0 Å². The Morgan fingerprint density at radius 3 is 2.57 bits per heavy atom. The first-order valence-electron chi connectivity index (χ1n) is 7.70. The molecule has 0 N–H and O–H groups in total. The predicted octanol–water partition coefficient (Wildman–Crippen LogP) is 4.21. The number of benzene rings is 2. The molecule has 0 aliphatic heterocycles. The van der Waals surface area contributed by atoms with Gasteiger partial charge in [-0.2, -0.15) is 0 Å². The molecule has 0 bridgehead atoms. The second-order valence-corrected chi connectivity index (χ2v) is 5.43. The van der Waals surface area contributed by atoms with Gasteiger partial charge in [0, 0.05) is 18.0 Å². The maximum Gasteiger partial charge on any atom is 0.255 e. The zero-order valence-electron chi connectivity index (χ0n) is 13.3. The van der Waals surface area contributed by atoms with E-state index in [0.717, 1.165) is 28.1 Å². The summed E-state index contributed by atoms with van der Waals surface area (Å²) in [6, 6.07) is 19.3. The lowest BCUT2D eigenvalue weighted by atomic mass is 10.1. The van der Waals surface area contributed by atoms with E-state index in [1.807, 2.05) is 74.6 Å². The fourth-order valence-electron chi connectivity index (χ4n) is 2.57. The largest absolute Gasteiger partial charge is 0.494 e. The number of aryl methyl sites for hydroxylation is 1. The molecule has 0 fully saturated rings.